The molecule has 0 unspecified atom stereocenters. The van der Waals surface area contributed by atoms with Crippen molar-refractivity contribution < 1.29 is 19.5 Å². The summed E-state index contributed by atoms with van der Waals surface area (Å²) in [5.74, 6) is -2.71. The van der Waals surface area contributed by atoms with E-state index < -0.39 is 29.5 Å². The molecule has 7 heteroatoms. The van der Waals surface area contributed by atoms with E-state index >= 15 is 0 Å². The summed E-state index contributed by atoms with van der Waals surface area (Å²) in [6.45, 7) is 5.73. The van der Waals surface area contributed by atoms with Gasteiger partial charge in [-0.1, -0.05) is 42.5 Å². The first kappa shape index (κ1) is 20.8. The van der Waals surface area contributed by atoms with E-state index in [1.165, 1.54) is 4.90 Å². The molecule has 1 spiro atoms. The number of likely N-dealkylation sites (tertiary alicyclic amines) is 1. The molecule has 2 aromatic carbocycles. The van der Waals surface area contributed by atoms with E-state index in [9.17, 15) is 19.5 Å². The van der Waals surface area contributed by atoms with Crippen LogP contribution in [-0.4, -0.2) is 46.4 Å². The summed E-state index contributed by atoms with van der Waals surface area (Å²) in [6.07, 6.45) is -0.366. The zero-order valence-corrected chi connectivity index (χ0v) is 18.4. The van der Waals surface area contributed by atoms with Gasteiger partial charge in [0.05, 0.1) is 17.9 Å². The predicted octanol–water partition coefficient (Wildman–Crippen LogP) is 1.65. The molecule has 2 saturated heterocycles. The van der Waals surface area contributed by atoms with Crippen LogP contribution in [-0.2, 0) is 26.3 Å². The van der Waals surface area contributed by atoms with Gasteiger partial charge in [-0.05, 0) is 43.9 Å². The molecule has 0 aromatic heterocycles. The molecular formula is C25H27N3O4. The molecule has 2 fully saturated rings. The van der Waals surface area contributed by atoms with Crippen LogP contribution in [0.5, 0.6) is 0 Å². The maximum Gasteiger partial charge on any atom is 0.250 e. The molecule has 0 aliphatic carbocycles. The average Bonchev–Trinajstić information content (AvgIpc) is 3.36. The van der Waals surface area contributed by atoms with E-state index in [1.807, 2.05) is 56.3 Å². The lowest BCUT2D eigenvalue weighted by molar-refractivity contribution is -0.143. The maximum absolute atomic E-state index is 13.7. The Hall–Kier alpha value is -3.03. The van der Waals surface area contributed by atoms with Crippen LogP contribution in [0.25, 0.3) is 0 Å². The van der Waals surface area contributed by atoms with Crippen LogP contribution >= 0.6 is 0 Å². The van der Waals surface area contributed by atoms with Crippen molar-refractivity contribution in [2.75, 3.05) is 11.9 Å². The number of carbonyl (C=O) groups is 3. The molecule has 5 rings (SSSR count). The topological polar surface area (TPSA) is 98.7 Å². The third-order valence-electron chi connectivity index (χ3n) is 7.43. The fourth-order valence-corrected chi connectivity index (χ4v) is 5.63. The van der Waals surface area contributed by atoms with Gasteiger partial charge in [-0.3, -0.25) is 24.6 Å². The second kappa shape index (κ2) is 7.25. The van der Waals surface area contributed by atoms with Gasteiger partial charge in [-0.15, -0.1) is 0 Å². The zero-order chi connectivity index (χ0) is 22.8. The molecule has 5 atom stereocenters. The molecule has 2 aromatic rings. The highest BCUT2D eigenvalue weighted by Crippen LogP contribution is 2.54. The normalized spacial score (nSPS) is 29.4. The lowest BCUT2D eigenvalue weighted by Crippen LogP contribution is -2.55. The smallest absolute Gasteiger partial charge is 0.250 e. The van der Waals surface area contributed by atoms with Crippen LogP contribution < -0.4 is 10.6 Å². The summed E-state index contributed by atoms with van der Waals surface area (Å²) < 4.78 is 0. The Morgan fingerprint density at radius 3 is 2.47 bits per heavy atom. The van der Waals surface area contributed by atoms with Gasteiger partial charge in [-0.2, -0.15) is 0 Å². The molecule has 3 N–H and O–H groups in total. The number of carbonyl (C=O) groups excluding carboxylic acids is 3. The molecule has 0 saturated carbocycles. The number of aliphatic hydroxyl groups is 1. The van der Waals surface area contributed by atoms with Crippen LogP contribution in [0.15, 0.2) is 42.5 Å². The van der Waals surface area contributed by atoms with Crippen LogP contribution in [0.1, 0.15) is 29.2 Å². The minimum absolute atomic E-state index is 0.249. The minimum Gasteiger partial charge on any atom is -0.392 e. The van der Waals surface area contributed by atoms with E-state index in [0.29, 0.717) is 17.7 Å². The lowest BCUT2D eigenvalue weighted by atomic mass is 9.76. The summed E-state index contributed by atoms with van der Waals surface area (Å²) in [7, 11) is 0. The Morgan fingerprint density at radius 1 is 1.06 bits per heavy atom. The third kappa shape index (κ3) is 2.71. The molecule has 166 valence electrons. The second-order valence-electron chi connectivity index (χ2n) is 9.17. The Labute approximate surface area is 186 Å². The van der Waals surface area contributed by atoms with Crippen molar-refractivity contribution >= 4 is 23.4 Å². The van der Waals surface area contributed by atoms with Crippen LogP contribution in [0.2, 0.25) is 0 Å². The fourth-order valence-electron chi connectivity index (χ4n) is 5.63. The van der Waals surface area contributed by atoms with Crippen molar-refractivity contribution in [3.8, 4) is 0 Å². The van der Waals surface area contributed by atoms with Gasteiger partial charge in [0, 0.05) is 23.8 Å². The molecule has 3 amide bonds. The summed E-state index contributed by atoms with van der Waals surface area (Å²) in [4.78, 5) is 41.8. The lowest BCUT2D eigenvalue weighted by Gasteiger charge is -2.30. The molecule has 32 heavy (non-hydrogen) atoms. The van der Waals surface area contributed by atoms with E-state index in [1.54, 1.807) is 6.92 Å². The number of fused-ring (bicyclic) bond motifs is 4. The number of anilines is 1. The Bertz CT molecular complexity index is 1130. The number of hydrogen-bond acceptors (Lipinski definition) is 5. The number of nitrogens with one attached hydrogen (secondary N) is 2. The van der Waals surface area contributed by atoms with Crippen molar-refractivity contribution in [1.82, 2.24) is 10.2 Å². The van der Waals surface area contributed by atoms with Crippen molar-refractivity contribution in [2.45, 2.75) is 44.9 Å². The van der Waals surface area contributed by atoms with Gasteiger partial charge in [0.25, 0.3) is 0 Å². The quantitative estimate of drug-likeness (QED) is 0.637. The summed E-state index contributed by atoms with van der Waals surface area (Å²) in [6, 6.07) is 12.8. The first-order chi connectivity index (χ1) is 15.3. The maximum atomic E-state index is 13.7. The summed E-state index contributed by atoms with van der Waals surface area (Å²) in [5.41, 5.74) is 2.99. The van der Waals surface area contributed by atoms with Crippen molar-refractivity contribution in [1.29, 1.82) is 0 Å². The number of imide groups is 1. The van der Waals surface area contributed by atoms with Crippen molar-refractivity contribution in [2.24, 2.45) is 11.8 Å². The highest BCUT2D eigenvalue weighted by molar-refractivity contribution is 6.15. The average molecular weight is 434 g/mol. The van der Waals surface area contributed by atoms with Crippen molar-refractivity contribution in [3.05, 3.63) is 64.7 Å². The standard InChI is InChI=1S/C25H27N3O4/c1-13-9-10-17-20(14(13)2)26-24(32)25(17)19-18(21(27-25)15(3)29)22(30)28(23(19)31)12-11-16-7-5-4-6-8-16/h4-10,15,18-19,21,27,29H,11-12H2,1-3H3,(H,26,32)/t15-,18+,19-,21+,25+/m1/s1. The number of amides is 3. The van der Waals surface area contributed by atoms with E-state index in [0.717, 1.165) is 16.7 Å². The number of aliphatic hydroxyl groups excluding tert-OH is 1. The molecule has 0 bridgehead atoms. The SMILES string of the molecule is Cc1ccc2c(c1C)NC(=O)[C@]21N[C@@H]([C@@H](C)O)[C@H]2C(=O)N(CCc3ccccc3)C(=O)[C@@H]21. The molecule has 7 nitrogen and oxygen atoms in total. The minimum atomic E-state index is -1.37. The third-order valence-corrected chi connectivity index (χ3v) is 7.43. The molecule has 3 aliphatic heterocycles. The zero-order valence-electron chi connectivity index (χ0n) is 18.4. The van der Waals surface area contributed by atoms with Crippen LogP contribution in [0.3, 0.4) is 0 Å². The van der Waals surface area contributed by atoms with Gasteiger partial charge in [0.1, 0.15) is 5.54 Å². The number of rotatable bonds is 4. The van der Waals surface area contributed by atoms with Gasteiger partial charge in [-0.25, -0.2) is 0 Å². The number of nitrogens with zero attached hydrogens (tertiary/aromatic N) is 1. The van der Waals surface area contributed by atoms with E-state index in [4.69, 9.17) is 0 Å². The number of hydrogen-bond donors (Lipinski definition) is 3. The van der Waals surface area contributed by atoms with E-state index in [2.05, 4.69) is 10.6 Å². The van der Waals surface area contributed by atoms with Gasteiger partial charge >= 0.3 is 0 Å². The second-order valence-corrected chi connectivity index (χ2v) is 9.17. The Morgan fingerprint density at radius 2 is 1.78 bits per heavy atom. The molecular weight excluding hydrogens is 406 g/mol. The predicted molar refractivity (Wildman–Crippen MR) is 119 cm³/mol. The fraction of sp³-hybridized carbons (Fsp3) is 0.400. The molecule has 3 aliphatic rings. The van der Waals surface area contributed by atoms with Gasteiger partial charge in [0.2, 0.25) is 17.7 Å². The van der Waals surface area contributed by atoms with Gasteiger partial charge in [0.15, 0.2) is 0 Å². The van der Waals surface area contributed by atoms with Crippen molar-refractivity contribution in [3.63, 3.8) is 0 Å². The highest BCUT2D eigenvalue weighted by atomic mass is 16.3. The number of aryl methyl sites for hydroxylation is 1. The molecule has 3 heterocycles. The number of benzene rings is 2. The van der Waals surface area contributed by atoms with E-state index in [-0.39, 0.29) is 24.3 Å². The van der Waals surface area contributed by atoms with Crippen LogP contribution in [0, 0.1) is 25.7 Å². The van der Waals surface area contributed by atoms with Gasteiger partial charge < -0.3 is 10.4 Å². The Kier molecular flexibility index (Phi) is 4.72. The highest BCUT2D eigenvalue weighted by Gasteiger charge is 2.71. The summed E-state index contributed by atoms with van der Waals surface area (Å²) >= 11 is 0. The monoisotopic (exact) mass is 433 g/mol. The largest absolute Gasteiger partial charge is 0.392 e. The van der Waals surface area contributed by atoms with Crippen LogP contribution in [0.4, 0.5) is 5.69 Å². The Balaban J connectivity index is 1.57. The molecule has 0 radical (unpaired) electrons. The summed E-state index contributed by atoms with van der Waals surface area (Å²) in [5, 5.41) is 16.7. The first-order valence-electron chi connectivity index (χ1n) is 11.0. The first-order valence-corrected chi connectivity index (χ1v) is 11.0.